The number of carbonyl (C=O) groups excluding carboxylic acids is 8. The van der Waals surface area contributed by atoms with Gasteiger partial charge >= 0.3 is 5.97 Å². The molecule has 5 atom stereocenters. The smallest absolute Gasteiger partial charge is 0.333 e. The van der Waals surface area contributed by atoms with Gasteiger partial charge in [-0.05, 0) is 152 Å². The number of nitrogens with one attached hydrogen (secondary N) is 2. The molecule has 83 heavy (non-hydrogen) atoms. The number of hydroxylamine groups is 2. The zero-order chi connectivity index (χ0) is 58.9. The van der Waals surface area contributed by atoms with Crippen molar-refractivity contribution in [3.63, 3.8) is 0 Å². The van der Waals surface area contributed by atoms with Crippen LogP contribution >= 0.6 is 0 Å². The molecule has 434 valence electrons. The average molecular weight is 1150 g/mol. The number of methoxy groups -OCH3 is 1. The number of unbranched alkanes of at least 4 members (excludes halogenated alkanes) is 1. The van der Waals surface area contributed by atoms with E-state index in [9.17, 15) is 46.8 Å². The molecular weight excluding hydrogens is 1090 g/mol. The quantitative estimate of drug-likeness (QED) is 0.0414. The van der Waals surface area contributed by atoms with E-state index in [1.165, 1.54) is 14.0 Å². The fourth-order valence-corrected chi connectivity index (χ4v) is 13.0. The molecule has 1 fully saturated rings. The Labute approximate surface area is 480 Å². The number of para-hydroxylation sites is 2. The summed E-state index contributed by atoms with van der Waals surface area (Å²) in [6, 6.07) is 26.0. The van der Waals surface area contributed by atoms with Gasteiger partial charge < -0.3 is 39.5 Å². The van der Waals surface area contributed by atoms with E-state index in [4.69, 9.17) is 23.2 Å². The molecule has 10 rings (SSSR count). The maximum absolute atomic E-state index is 14.4. The Hall–Kier alpha value is -8.43. The highest BCUT2D eigenvalue weighted by Gasteiger charge is 2.48. The van der Waals surface area contributed by atoms with Gasteiger partial charge in [-0.3, -0.25) is 37.7 Å². The molecule has 1 saturated heterocycles. The summed E-state index contributed by atoms with van der Waals surface area (Å²) in [6.45, 7) is 4.85. The highest BCUT2D eigenvalue weighted by Crippen LogP contribution is 2.43. The zero-order valence-electron chi connectivity index (χ0n) is 46.8. The number of nitrogens with zero attached hydrogens (tertiary/aromatic N) is 3. The topological polar surface area (TPSA) is 251 Å². The van der Waals surface area contributed by atoms with Crippen LogP contribution in [0.15, 0.2) is 91.0 Å². The monoisotopic (exact) mass is 1150 g/mol. The fourth-order valence-electron chi connectivity index (χ4n) is 11.7. The molecule has 0 radical (unpaired) electrons. The number of hydrogen-bond donors (Lipinski definition) is 2. The van der Waals surface area contributed by atoms with Crippen LogP contribution in [0.1, 0.15) is 125 Å². The molecule has 5 aliphatic heterocycles. The first-order valence-corrected chi connectivity index (χ1v) is 29.3. The zero-order valence-corrected chi connectivity index (χ0v) is 47.6. The molecule has 21 heteroatoms. The lowest BCUT2D eigenvalue weighted by Crippen LogP contribution is -2.47. The second-order valence-corrected chi connectivity index (χ2v) is 23.8. The predicted molar refractivity (Wildman–Crippen MR) is 303 cm³/mol. The lowest BCUT2D eigenvalue weighted by molar-refractivity contribution is -0.197. The lowest BCUT2D eigenvalue weighted by Gasteiger charge is -2.28. The van der Waals surface area contributed by atoms with Gasteiger partial charge in [-0.2, -0.15) is 8.42 Å². The van der Waals surface area contributed by atoms with E-state index in [0.29, 0.717) is 79.9 Å². The Morgan fingerprint density at radius 2 is 1.29 bits per heavy atom. The number of aryl methyl sites for hydroxylation is 2. The van der Waals surface area contributed by atoms with Crippen LogP contribution in [0.4, 0.5) is 17.1 Å². The molecule has 1 unspecified atom stereocenters. The normalized spacial score (nSPS) is 18.6. The third kappa shape index (κ3) is 12.2. The van der Waals surface area contributed by atoms with Gasteiger partial charge in [0.2, 0.25) is 11.8 Å². The summed E-state index contributed by atoms with van der Waals surface area (Å²) in [7, 11) is -1.50. The summed E-state index contributed by atoms with van der Waals surface area (Å²) in [5, 5.41) is 4.99. The molecule has 2 N–H and O–H groups in total. The number of ether oxygens (including phenoxy) is 3. The summed E-state index contributed by atoms with van der Waals surface area (Å²) < 4.78 is 51.2. The van der Waals surface area contributed by atoms with Gasteiger partial charge in [-0.1, -0.05) is 43.3 Å². The van der Waals surface area contributed by atoms with Crippen LogP contribution in [0.2, 0.25) is 0 Å². The number of hydrogen-bond acceptors (Lipinski definition) is 15. The number of benzene rings is 5. The van der Waals surface area contributed by atoms with Gasteiger partial charge in [0.15, 0.2) is 17.3 Å². The Kier molecular flexibility index (Phi) is 16.8. The van der Waals surface area contributed by atoms with E-state index in [2.05, 4.69) is 16.7 Å². The maximum Gasteiger partial charge on any atom is 0.333 e. The van der Waals surface area contributed by atoms with Crippen LogP contribution in [0.3, 0.4) is 0 Å². The Morgan fingerprint density at radius 3 is 1.98 bits per heavy atom. The second kappa shape index (κ2) is 24.2. The molecule has 5 aromatic rings. The molecule has 5 aromatic carbocycles. The number of Topliss-reactive ketones (excluding diaryl/α,β-unsaturated/α-hetero) is 1. The summed E-state index contributed by atoms with van der Waals surface area (Å²) in [4.78, 5) is 113. The number of amides is 6. The molecule has 0 spiro atoms. The third-order valence-corrected chi connectivity index (χ3v) is 17.8. The molecule has 5 aliphatic rings. The van der Waals surface area contributed by atoms with Crippen LogP contribution in [-0.4, -0.2) is 98.3 Å². The second-order valence-electron chi connectivity index (χ2n) is 21.8. The van der Waals surface area contributed by atoms with E-state index in [-0.39, 0.29) is 82.4 Å². The van der Waals surface area contributed by atoms with Crippen molar-refractivity contribution in [3.05, 3.63) is 141 Å². The first kappa shape index (κ1) is 57.8. The first-order valence-electron chi connectivity index (χ1n) is 27.9. The summed E-state index contributed by atoms with van der Waals surface area (Å²) in [5.74, 6) is -3.38. The highest BCUT2D eigenvalue weighted by molar-refractivity contribution is 7.87. The van der Waals surface area contributed by atoms with Gasteiger partial charge in [0.25, 0.3) is 33.7 Å². The number of rotatable bonds is 21. The molecule has 20 nitrogen and oxygen atoms in total. The standard InChI is InChI=1S/C62H65N5O15S/c1-35-22-46-43(31-55(83(76,77)79-5)50-28-42-13-7-9-15-49(42)66(50)62(46)75)30-52(35)80-33-38-24-39(34-81-54-29-40-18-19-45-27-41-12-6-8-14-48(41)65(45)61(74)47(40)32-53(54)78-4)26-44(25-38)64-60(73)36(2)23-51(68)37(3)63-56(69)16-10-11-17-59(72)82-67-57(70)20-21-58(67)71/h6-9,12-15,22,24-26,29-30,32,36-37,45,50,55H,10-11,16-21,23,27-28,31,33-34H2,1-5H3,(H,63,69)(H,64,73)/t36-,37+,45-,50+,55?/m1/s1. The van der Waals surface area contributed by atoms with Crippen molar-refractivity contribution in [1.82, 2.24) is 10.4 Å². The van der Waals surface area contributed by atoms with Gasteiger partial charge in [-0.25, -0.2) is 4.79 Å². The third-order valence-electron chi connectivity index (χ3n) is 16.1. The van der Waals surface area contributed by atoms with Gasteiger partial charge in [0, 0.05) is 72.3 Å². The Bertz CT molecular complexity index is 3570. The van der Waals surface area contributed by atoms with E-state index < -0.39 is 68.8 Å². The molecule has 6 amide bonds. The Balaban J connectivity index is 0.845. The number of ketones is 1. The molecular formula is C62H65N5O15S. The van der Waals surface area contributed by atoms with Crippen LogP contribution < -0.4 is 34.6 Å². The highest BCUT2D eigenvalue weighted by atomic mass is 32.2. The van der Waals surface area contributed by atoms with E-state index in [0.717, 1.165) is 42.3 Å². The van der Waals surface area contributed by atoms with Crippen molar-refractivity contribution in [2.24, 2.45) is 5.92 Å². The molecule has 0 saturated carbocycles. The fraction of sp³-hybridized carbons (Fsp3) is 0.387. The van der Waals surface area contributed by atoms with E-state index in [1.807, 2.05) is 59.5 Å². The van der Waals surface area contributed by atoms with Crippen molar-refractivity contribution in [2.45, 2.75) is 134 Å². The summed E-state index contributed by atoms with van der Waals surface area (Å²) in [5.41, 5.74) is 7.95. The minimum absolute atomic E-state index is 0.0122. The maximum atomic E-state index is 14.4. The van der Waals surface area contributed by atoms with Crippen molar-refractivity contribution in [1.29, 1.82) is 0 Å². The summed E-state index contributed by atoms with van der Waals surface area (Å²) in [6.07, 6.45) is 2.57. The largest absolute Gasteiger partial charge is 0.493 e. The Morgan fingerprint density at radius 1 is 0.675 bits per heavy atom. The number of anilines is 3. The molecule has 0 aliphatic carbocycles. The van der Waals surface area contributed by atoms with Crippen LogP contribution in [0.5, 0.6) is 17.2 Å². The van der Waals surface area contributed by atoms with Gasteiger partial charge in [0.05, 0.1) is 26.3 Å². The van der Waals surface area contributed by atoms with Gasteiger partial charge in [0.1, 0.15) is 24.2 Å². The average Bonchev–Trinajstić information content (AvgIpc) is 3.27. The van der Waals surface area contributed by atoms with Crippen molar-refractivity contribution >= 4 is 74.4 Å². The van der Waals surface area contributed by atoms with E-state index in [1.54, 1.807) is 49.1 Å². The minimum atomic E-state index is -4.13. The number of carbonyl (C=O) groups is 8. The van der Waals surface area contributed by atoms with Crippen LogP contribution in [0.25, 0.3) is 0 Å². The van der Waals surface area contributed by atoms with Crippen molar-refractivity contribution in [3.8, 4) is 17.2 Å². The molecule has 0 bridgehead atoms. The summed E-state index contributed by atoms with van der Waals surface area (Å²) >= 11 is 0. The lowest BCUT2D eigenvalue weighted by atomic mass is 9.97. The predicted octanol–water partition coefficient (Wildman–Crippen LogP) is 7.36. The SMILES string of the molecule is COc1cc2c(cc1OCc1cc(COc3cc4c(cc3C)C(=O)N3c5ccccc5C[C@H]3C(S(=O)(=O)OC)C4)cc(NC(=O)[C@H](C)CC(=O)[C@H](C)NC(=O)CCCCC(=O)ON3C(=O)CCC3=O)c1)CC[C@@H]1Cc3ccccc3N1C2=O. The van der Waals surface area contributed by atoms with Crippen LogP contribution in [-0.2, 0) is 86.8 Å². The van der Waals surface area contributed by atoms with E-state index >= 15 is 0 Å². The van der Waals surface area contributed by atoms with Crippen molar-refractivity contribution < 1.29 is 70.0 Å². The van der Waals surface area contributed by atoms with Crippen LogP contribution in [0, 0.1) is 12.8 Å². The minimum Gasteiger partial charge on any atom is -0.493 e. The first-order chi connectivity index (χ1) is 39.8. The van der Waals surface area contributed by atoms with Gasteiger partial charge in [-0.15, -0.1) is 5.06 Å². The molecule has 5 heterocycles. The molecule has 0 aromatic heterocycles. The number of fused-ring (bicyclic) bond motifs is 8. The number of imide groups is 1. The van der Waals surface area contributed by atoms with Crippen molar-refractivity contribution in [2.75, 3.05) is 29.3 Å².